The number of rotatable bonds is 24. The highest BCUT2D eigenvalue weighted by Gasteiger charge is 2.12. The van der Waals surface area contributed by atoms with Gasteiger partial charge in [-0.3, -0.25) is 9.59 Å². The van der Waals surface area contributed by atoms with Crippen LogP contribution in [0.25, 0.3) is 0 Å². The Kier molecular flexibility index (Phi) is 23.8. The van der Waals surface area contributed by atoms with Gasteiger partial charge < -0.3 is 9.47 Å². The smallest absolute Gasteiger partial charge is 0.306 e. The molecule has 0 saturated heterocycles. The van der Waals surface area contributed by atoms with E-state index >= 15 is 0 Å². The molecule has 0 aromatic carbocycles. The van der Waals surface area contributed by atoms with Crippen molar-refractivity contribution in [3.05, 3.63) is 0 Å². The Hall–Kier alpha value is -1.06. The largest absolute Gasteiger partial charge is 0.466 e. The first-order chi connectivity index (χ1) is 15.6. The quantitative estimate of drug-likeness (QED) is 0.108. The van der Waals surface area contributed by atoms with E-state index in [0.29, 0.717) is 19.4 Å². The van der Waals surface area contributed by atoms with Gasteiger partial charge in [0.25, 0.3) is 0 Å². The molecule has 4 heteroatoms. The predicted octanol–water partition coefficient (Wildman–Crippen LogP) is 8.69. The number of unbranched alkanes of at least 4 members (excludes halogenated alkanes) is 13. The highest BCUT2D eigenvalue weighted by molar-refractivity contribution is 5.69. The summed E-state index contributed by atoms with van der Waals surface area (Å²) < 4.78 is 11.0. The first-order valence-corrected chi connectivity index (χ1v) is 14.0. The van der Waals surface area contributed by atoms with Crippen LogP contribution >= 0.6 is 0 Å². The lowest BCUT2D eigenvalue weighted by Crippen LogP contribution is -2.18. The molecule has 0 aliphatic heterocycles. The molecule has 0 saturated carbocycles. The lowest BCUT2D eigenvalue weighted by Gasteiger charge is -2.17. The minimum Gasteiger partial charge on any atom is -0.466 e. The normalized spacial score (nSPS) is 12.0. The number of ether oxygens (including phenoxy) is 2. The van der Waals surface area contributed by atoms with Crippen LogP contribution in [0.3, 0.4) is 0 Å². The fourth-order valence-corrected chi connectivity index (χ4v) is 4.00. The van der Waals surface area contributed by atoms with E-state index < -0.39 is 0 Å². The number of esters is 2. The molecule has 190 valence electrons. The molecule has 0 N–H and O–H groups in total. The second-order valence-corrected chi connectivity index (χ2v) is 9.36. The molecule has 0 heterocycles. The van der Waals surface area contributed by atoms with E-state index in [-0.39, 0.29) is 18.0 Å². The first kappa shape index (κ1) is 30.9. The summed E-state index contributed by atoms with van der Waals surface area (Å²) in [5.74, 6) is -0.0702. The summed E-state index contributed by atoms with van der Waals surface area (Å²) in [5, 5.41) is 0. The Balaban J connectivity index is 3.44. The van der Waals surface area contributed by atoms with Crippen LogP contribution in [0.4, 0.5) is 0 Å². The number of carbonyl (C=O) groups is 2. The Morgan fingerprint density at radius 2 is 1.03 bits per heavy atom. The number of hydrogen-bond donors (Lipinski definition) is 0. The maximum Gasteiger partial charge on any atom is 0.306 e. The van der Waals surface area contributed by atoms with Crippen molar-refractivity contribution in [3.8, 4) is 0 Å². The lowest BCUT2D eigenvalue weighted by molar-refractivity contribution is -0.150. The Bertz CT molecular complexity index is 422. The van der Waals surface area contributed by atoms with Gasteiger partial charge in [-0.25, -0.2) is 0 Å². The summed E-state index contributed by atoms with van der Waals surface area (Å²) in [6, 6.07) is 0. The third kappa shape index (κ3) is 22.1. The molecule has 0 aliphatic carbocycles. The second-order valence-electron chi connectivity index (χ2n) is 9.36. The van der Waals surface area contributed by atoms with Crippen molar-refractivity contribution in [3.63, 3.8) is 0 Å². The SMILES string of the molecule is CCCCCCCCCCOC(=O)CCCCCCCCC(=O)OC(CCC)CCCC. The fraction of sp³-hybridized carbons (Fsp3) is 0.929. The monoisotopic (exact) mass is 454 g/mol. The molecular formula is C28H54O4. The summed E-state index contributed by atoms with van der Waals surface area (Å²) in [7, 11) is 0. The molecule has 0 radical (unpaired) electrons. The van der Waals surface area contributed by atoms with Crippen molar-refractivity contribution in [2.24, 2.45) is 0 Å². The minimum absolute atomic E-state index is 0.0289. The van der Waals surface area contributed by atoms with Gasteiger partial charge in [0.15, 0.2) is 0 Å². The Morgan fingerprint density at radius 3 is 1.59 bits per heavy atom. The van der Waals surface area contributed by atoms with E-state index in [1.807, 2.05) is 0 Å². The van der Waals surface area contributed by atoms with Gasteiger partial charge in [0.05, 0.1) is 6.61 Å². The van der Waals surface area contributed by atoms with Gasteiger partial charge in [0, 0.05) is 12.8 Å². The molecule has 0 aromatic rings. The molecule has 0 rings (SSSR count). The molecule has 0 amide bonds. The molecule has 4 nitrogen and oxygen atoms in total. The van der Waals surface area contributed by atoms with Gasteiger partial charge in [-0.1, -0.05) is 111 Å². The van der Waals surface area contributed by atoms with Crippen LogP contribution < -0.4 is 0 Å². The fourth-order valence-electron chi connectivity index (χ4n) is 4.00. The molecule has 0 aliphatic rings. The molecule has 0 spiro atoms. The maximum atomic E-state index is 12.0. The molecule has 1 atom stereocenters. The minimum atomic E-state index is -0.0413. The zero-order valence-corrected chi connectivity index (χ0v) is 21.8. The average Bonchev–Trinajstić information content (AvgIpc) is 2.78. The Labute approximate surface area is 199 Å². The highest BCUT2D eigenvalue weighted by atomic mass is 16.5. The second kappa shape index (κ2) is 24.6. The van der Waals surface area contributed by atoms with Crippen LogP contribution in [0.15, 0.2) is 0 Å². The number of carbonyl (C=O) groups excluding carboxylic acids is 2. The molecule has 32 heavy (non-hydrogen) atoms. The van der Waals surface area contributed by atoms with Crippen LogP contribution in [0, 0.1) is 0 Å². The van der Waals surface area contributed by atoms with E-state index in [2.05, 4.69) is 20.8 Å². The topological polar surface area (TPSA) is 52.6 Å². The summed E-state index contributed by atoms with van der Waals surface area (Å²) in [6.07, 6.45) is 22.8. The van der Waals surface area contributed by atoms with Crippen LogP contribution in [0.2, 0.25) is 0 Å². The lowest BCUT2D eigenvalue weighted by atomic mass is 10.1. The first-order valence-electron chi connectivity index (χ1n) is 14.0. The zero-order valence-electron chi connectivity index (χ0n) is 21.8. The van der Waals surface area contributed by atoms with Crippen LogP contribution in [0.1, 0.15) is 156 Å². The Morgan fingerprint density at radius 1 is 0.531 bits per heavy atom. The summed E-state index contributed by atoms with van der Waals surface area (Å²) >= 11 is 0. The van der Waals surface area contributed by atoms with E-state index in [4.69, 9.17) is 9.47 Å². The molecular weight excluding hydrogens is 400 g/mol. The van der Waals surface area contributed by atoms with Gasteiger partial charge in [-0.2, -0.15) is 0 Å². The van der Waals surface area contributed by atoms with Crippen LogP contribution in [0.5, 0.6) is 0 Å². The molecule has 0 bridgehead atoms. The summed E-state index contributed by atoms with van der Waals surface area (Å²) in [6.45, 7) is 7.14. The van der Waals surface area contributed by atoms with Gasteiger partial charge >= 0.3 is 11.9 Å². The molecule has 0 aromatic heterocycles. The molecule has 1 unspecified atom stereocenters. The van der Waals surface area contributed by atoms with Crippen molar-refractivity contribution < 1.29 is 19.1 Å². The van der Waals surface area contributed by atoms with E-state index in [9.17, 15) is 9.59 Å². The molecule has 0 fully saturated rings. The van der Waals surface area contributed by atoms with Crippen molar-refractivity contribution in [2.45, 2.75) is 162 Å². The third-order valence-electron chi connectivity index (χ3n) is 6.06. The average molecular weight is 455 g/mol. The standard InChI is InChI=1S/C28H54O4/c1-4-7-9-10-11-14-17-20-25-31-27(29)23-18-15-12-13-16-19-24-28(30)32-26(21-6-3)22-8-5-2/h26H,4-25H2,1-3H3. The summed E-state index contributed by atoms with van der Waals surface area (Å²) in [4.78, 5) is 23.8. The van der Waals surface area contributed by atoms with Crippen LogP contribution in [-0.4, -0.2) is 24.6 Å². The summed E-state index contributed by atoms with van der Waals surface area (Å²) in [5.41, 5.74) is 0. The maximum absolute atomic E-state index is 12.0. The van der Waals surface area contributed by atoms with Gasteiger partial charge in [-0.15, -0.1) is 0 Å². The third-order valence-corrected chi connectivity index (χ3v) is 6.06. The van der Waals surface area contributed by atoms with Gasteiger partial charge in [-0.05, 0) is 32.1 Å². The van der Waals surface area contributed by atoms with E-state index in [1.165, 1.54) is 44.9 Å². The van der Waals surface area contributed by atoms with Crippen LogP contribution in [-0.2, 0) is 19.1 Å². The zero-order chi connectivity index (χ0) is 23.7. The highest BCUT2D eigenvalue weighted by Crippen LogP contribution is 2.14. The van der Waals surface area contributed by atoms with E-state index in [0.717, 1.165) is 77.0 Å². The van der Waals surface area contributed by atoms with Gasteiger partial charge in [0.2, 0.25) is 0 Å². The van der Waals surface area contributed by atoms with Gasteiger partial charge in [0.1, 0.15) is 6.10 Å². The van der Waals surface area contributed by atoms with Crippen molar-refractivity contribution >= 4 is 11.9 Å². The number of hydrogen-bond acceptors (Lipinski definition) is 4. The predicted molar refractivity (Wildman–Crippen MR) is 135 cm³/mol. The van der Waals surface area contributed by atoms with Crippen molar-refractivity contribution in [2.75, 3.05) is 6.61 Å². The van der Waals surface area contributed by atoms with E-state index in [1.54, 1.807) is 0 Å². The van der Waals surface area contributed by atoms with Crippen molar-refractivity contribution in [1.29, 1.82) is 0 Å². The van der Waals surface area contributed by atoms with Crippen molar-refractivity contribution in [1.82, 2.24) is 0 Å².